The van der Waals surface area contributed by atoms with E-state index in [1.54, 1.807) is 24.7 Å². The molecule has 1 heterocycles. The molecular weight excluding hydrogens is 285 g/mol. The third kappa shape index (κ3) is 3.56. The number of rotatable bonds is 5. The number of nitrogens with zero attached hydrogens (tertiary/aromatic N) is 2. The van der Waals surface area contributed by atoms with Crippen molar-refractivity contribution >= 4 is 21.6 Å². The summed E-state index contributed by atoms with van der Waals surface area (Å²) >= 11 is 3.32. The van der Waals surface area contributed by atoms with E-state index in [1.807, 2.05) is 10.8 Å². The molecule has 5 heteroatoms. The Bertz CT molecular complexity index is 471. The van der Waals surface area contributed by atoms with Crippen LogP contribution in [0.4, 0.5) is 10.1 Å². The molecule has 1 N–H and O–H groups in total. The van der Waals surface area contributed by atoms with Gasteiger partial charge in [0.05, 0.1) is 12.0 Å². The van der Waals surface area contributed by atoms with Crippen LogP contribution >= 0.6 is 15.9 Å². The molecule has 0 aliphatic heterocycles. The van der Waals surface area contributed by atoms with Crippen LogP contribution in [0.1, 0.15) is 6.42 Å². The van der Waals surface area contributed by atoms with Crippen LogP contribution in [0.3, 0.4) is 0 Å². The van der Waals surface area contributed by atoms with Crippen LogP contribution in [0, 0.1) is 5.82 Å². The van der Waals surface area contributed by atoms with Crippen molar-refractivity contribution in [2.45, 2.75) is 13.0 Å². The van der Waals surface area contributed by atoms with Gasteiger partial charge in [-0.3, -0.25) is 0 Å². The summed E-state index contributed by atoms with van der Waals surface area (Å²) in [6.07, 6.45) is 6.36. The van der Waals surface area contributed by atoms with E-state index in [2.05, 4.69) is 26.2 Å². The fraction of sp³-hybridized carbons (Fsp3) is 0.250. The van der Waals surface area contributed by atoms with Gasteiger partial charge in [0.15, 0.2) is 0 Å². The highest BCUT2D eigenvalue weighted by Gasteiger charge is 2.01. The molecule has 0 aliphatic rings. The maximum Gasteiger partial charge on any atom is 0.146 e. The van der Waals surface area contributed by atoms with E-state index in [1.165, 1.54) is 6.07 Å². The van der Waals surface area contributed by atoms with Gasteiger partial charge in [-0.25, -0.2) is 9.37 Å². The van der Waals surface area contributed by atoms with Crippen molar-refractivity contribution in [3.05, 3.63) is 47.2 Å². The highest BCUT2D eigenvalue weighted by atomic mass is 79.9. The Morgan fingerprint density at radius 1 is 1.41 bits per heavy atom. The molecule has 0 aliphatic carbocycles. The van der Waals surface area contributed by atoms with Gasteiger partial charge in [-0.1, -0.05) is 15.9 Å². The van der Waals surface area contributed by atoms with E-state index in [0.29, 0.717) is 5.69 Å². The molecule has 0 fully saturated rings. The van der Waals surface area contributed by atoms with Crippen LogP contribution in [0.2, 0.25) is 0 Å². The first-order chi connectivity index (χ1) is 8.25. The zero-order valence-corrected chi connectivity index (χ0v) is 10.8. The molecule has 0 saturated carbocycles. The van der Waals surface area contributed by atoms with Crippen molar-refractivity contribution < 1.29 is 4.39 Å². The predicted octanol–water partition coefficient (Wildman–Crippen LogP) is 3.29. The van der Waals surface area contributed by atoms with Crippen molar-refractivity contribution in [3.8, 4) is 0 Å². The Kier molecular flexibility index (Phi) is 4.14. The summed E-state index contributed by atoms with van der Waals surface area (Å²) in [5, 5.41) is 3.08. The fourth-order valence-electron chi connectivity index (χ4n) is 1.54. The minimum Gasteiger partial charge on any atom is -0.383 e. The van der Waals surface area contributed by atoms with Gasteiger partial charge in [0.25, 0.3) is 0 Å². The van der Waals surface area contributed by atoms with Gasteiger partial charge < -0.3 is 9.88 Å². The Hall–Kier alpha value is -1.36. The Morgan fingerprint density at radius 2 is 2.29 bits per heavy atom. The lowest BCUT2D eigenvalue weighted by Crippen LogP contribution is -2.06. The SMILES string of the molecule is Fc1ccc(Br)cc1NCCCn1ccnc1. The molecule has 0 amide bonds. The van der Waals surface area contributed by atoms with Gasteiger partial charge in [0.1, 0.15) is 5.82 Å². The fourth-order valence-corrected chi connectivity index (χ4v) is 1.90. The van der Waals surface area contributed by atoms with Gasteiger partial charge in [-0.2, -0.15) is 0 Å². The molecule has 17 heavy (non-hydrogen) atoms. The van der Waals surface area contributed by atoms with E-state index < -0.39 is 0 Å². The smallest absolute Gasteiger partial charge is 0.146 e. The summed E-state index contributed by atoms with van der Waals surface area (Å²) in [5.41, 5.74) is 0.532. The number of hydrogen-bond donors (Lipinski definition) is 1. The van der Waals surface area contributed by atoms with E-state index in [9.17, 15) is 4.39 Å². The maximum absolute atomic E-state index is 13.4. The van der Waals surface area contributed by atoms with Crippen LogP contribution in [0.15, 0.2) is 41.4 Å². The number of aromatic nitrogens is 2. The minimum absolute atomic E-state index is 0.226. The normalized spacial score (nSPS) is 10.5. The monoisotopic (exact) mass is 297 g/mol. The summed E-state index contributed by atoms with van der Waals surface area (Å²) in [5.74, 6) is -0.226. The molecule has 2 aromatic rings. The highest BCUT2D eigenvalue weighted by Crippen LogP contribution is 2.19. The van der Waals surface area contributed by atoms with Crippen molar-refractivity contribution in [2.24, 2.45) is 0 Å². The Labute approximate surface area is 108 Å². The van der Waals surface area contributed by atoms with E-state index >= 15 is 0 Å². The van der Waals surface area contributed by atoms with Crippen molar-refractivity contribution in [1.82, 2.24) is 9.55 Å². The lowest BCUT2D eigenvalue weighted by Gasteiger charge is -2.08. The molecule has 1 aromatic heterocycles. The average Bonchev–Trinajstić information content (AvgIpc) is 2.82. The maximum atomic E-state index is 13.4. The molecule has 0 saturated heterocycles. The van der Waals surface area contributed by atoms with Crippen LogP contribution in [0.5, 0.6) is 0 Å². The first kappa shape index (κ1) is 12.1. The van der Waals surface area contributed by atoms with E-state index in [-0.39, 0.29) is 5.82 Å². The standard InChI is InChI=1S/C12H13BrFN3/c13-10-2-3-11(14)12(8-10)16-4-1-6-17-7-5-15-9-17/h2-3,5,7-9,16H,1,4,6H2. The van der Waals surface area contributed by atoms with Gasteiger partial charge >= 0.3 is 0 Å². The first-order valence-corrected chi connectivity index (χ1v) is 6.19. The molecule has 90 valence electrons. The zero-order chi connectivity index (χ0) is 12.1. The molecular formula is C12H13BrFN3. The van der Waals surface area contributed by atoms with Gasteiger partial charge in [0, 0.05) is 30.0 Å². The summed E-state index contributed by atoms with van der Waals surface area (Å²) in [6.45, 7) is 1.61. The Balaban J connectivity index is 1.80. The summed E-state index contributed by atoms with van der Waals surface area (Å²) in [4.78, 5) is 3.96. The molecule has 0 spiro atoms. The van der Waals surface area contributed by atoms with Gasteiger partial charge in [-0.05, 0) is 24.6 Å². The summed E-state index contributed by atoms with van der Waals surface area (Å²) in [7, 11) is 0. The predicted molar refractivity (Wildman–Crippen MR) is 69.4 cm³/mol. The Morgan fingerprint density at radius 3 is 3.06 bits per heavy atom. The first-order valence-electron chi connectivity index (χ1n) is 5.40. The number of imidazole rings is 1. The third-order valence-corrected chi connectivity index (χ3v) is 2.89. The molecule has 0 atom stereocenters. The van der Waals surface area contributed by atoms with Crippen LogP contribution in [-0.2, 0) is 6.54 Å². The molecule has 1 aromatic carbocycles. The lowest BCUT2D eigenvalue weighted by atomic mass is 10.3. The molecule has 0 radical (unpaired) electrons. The van der Waals surface area contributed by atoms with Crippen molar-refractivity contribution in [3.63, 3.8) is 0 Å². The number of anilines is 1. The largest absolute Gasteiger partial charge is 0.383 e. The number of hydrogen-bond acceptors (Lipinski definition) is 2. The van der Waals surface area contributed by atoms with Crippen LogP contribution < -0.4 is 5.32 Å². The second kappa shape index (κ2) is 5.82. The molecule has 3 nitrogen and oxygen atoms in total. The zero-order valence-electron chi connectivity index (χ0n) is 9.24. The molecule has 0 unspecified atom stereocenters. The lowest BCUT2D eigenvalue weighted by molar-refractivity contribution is 0.624. The van der Waals surface area contributed by atoms with E-state index in [4.69, 9.17) is 0 Å². The summed E-state index contributed by atoms with van der Waals surface area (Å²) < 4.78 is 16.2. The quantitative estimate of drug-likeness (QED) is 0.858. The number of benzene rings is 1. The van der Waals surface area contributed by atoms with Gasteiger partial charge in [-0.15, -0.1) is 0 Å². The van der Waals surface area contributed by atoms with Crippen molar-refractivity contribution in [2.75, 3.05) is 11.9 Å². The minimum atomic E-state index is -0.226. The van der Waals surface area contributed by atoms with E-state index in [0.717, 1.165) is 24.0 Å². The van der Waals surface area contributed by atoms with Crippen LogP contribution in [0.25, 0.3) is 0 Å². The summed E-state index contributed by atoms with van der Waals surface area (Å²) in [6, 6.07) is 4.88. The number of nitrogens with one attached hydrogen (secondary N) is 1. The number of aryl methyl sites for hydroxylation is 1. The van der Waals surface area contributed by atoms with Crippen molar-refractivity contribution in [1.29, 1.82) is 0 Å². The molecule has 2 rings (SSSR count). The van der Waals surface area contributed by atoms with Crippen LogP contribution in [-0.4, -0.2) is 16.1 Å². The van der Waals surface area contributed by atoms with Gasteiger partial charge in [0.2, 0.25) is 0 Å². The molecule has 0 bridgehead atoms. The topological polar surface area (TPSA) is 29.9 Å². The second-order valence-electron chi connectivity index (χ2n) is 3.71. The third-order valence-electron chi connectivity index (χ3n) is 2.40. The number of halogens is 2. The highest BCUT2D eigenvalue weighted by molar-refractivity contribution is 9.10. The second-order valence-corrected chi connectivity index (χ2v) is 4.62. The average molecular weight is 298 g/mol.